The van der Waals surface area contributed by atoms with Crippen LogP contribution in [0.4, 0.5) is 0 Å². The number of hydrogen-bond acceptors (Lipinski definition) is 2. The van der Waals surface area contributed by atoms with Crippen LogP contribution in [0.15, 0.2) is 60.7 Å². The Hall–Kier alpha value is -2.85. The van der Waals surface area contributed by atoms with Crippen molar-refractivity contribution in [3.8, 4) is 5.75 Å². The molecule has 3 aromatic carbocycles. The molecule has 0 aromatic heterocycles. The molecule has 4 heteroatoms. The van der Waals surface area contributed by atoms with Crippen molar-refractivity contribution in [2.45, 2.75) is 38.8 Å². The number of amides is 1. The fourth-order valence-electron chi connectivity index (χ4n) is 4.25. The third-order valence-electron chi connectivity index (χ3n) is 6.22. The highest BCUT2D eigenvalue weighted by molar-refractivity contribution is 5.88. The van der Waals surface area contributed by atoms with Gasteiger partial charge in [0.05, 0.1) is 26.1 Å². The molecular weight excluding hydrogens is 372 g/mol. The summed E-state index contributed by atoms with van der Waals surface area (Å²) in [6, 6.07) is 20.9. The maximum Gasteiger partial charge on any atom is 0.227 e. The molecule has 0 spiro atoms. The molecule has 30 heavy (non-hydrogen) atoms. The highest BCUT2D eigenvalue weighted by Gasteiger charge is 2.17. The van der Waals surface area contributed by atoms with Crippen LogP contribution in [0.3, 0.4) is 0 Å². The van der Waals surface area contributed by atoms with E-state index >= 15 is 0 Å². The molecule has 1 atom stereocenters. The van der Waals surface area contributed by atoms with Crippen molar-refractivity contribution in [2.75, 3.05) is 20.2 Å². The summed E-state index contributed by atoms with van der Waals surface area (Å²) in [5.74, 6) is 0.692. The lowest BCUT2D eigenvalue weighted by Gasteiger charge is -2.14. The zero-order valence-corrected chi connectivity index (χ0v) is 17.9. The first-order valence-electron chi connectivity index (χ1n) is 10.9. The second-order valence-corrected chi connectivity index (χ2v) is 8.36. The Labute approximate surface area is 178 Å². The van der Waals surface area contributed by atoms with E-state index in [4.69, 9.17) is 4.74 Å². The summed E-state index contributed by atoms with van der Waals surface area (Å²) in [5, 5.41) is 5.32. The number of benzene rings is 3. The van der Waals surface area contributed by atoms with Gasteiger partial charge in [0.15, 0.2) is 0 Å². The van der Waals surface area contributed by atoms with Gasteiger partial charge in [0.1, 0.15) is 12.3 Å². The largest absolute Gasteiger partial charge is 0.497 e. The molecule has 0 saturated carbocycles. The van der Waals surface area contributed by atoms with Gasteiger partial charge >= 0.3 is 0 Å². The summed E-state index contributed by atoms with van der Waals surface area (Å²) in [5.41, 5.74) is 3.54. The first-order chi connectivity index (χ1) is 14.6. The minimum Gasteiger partial charge on any atom is -0.497 e. The van der Waals surface area contributed by atoms with E-state index in [1.165, 1.54) is 31.5 Å². The van der Waals surface area contributed by atoms with E-state index in [1.54, 1.807) is 12.0 Å². The van der Waals surface area contributed by atoms with Crippen molar-refractivity contribution in [1.29, 1.82) is 0 Å². The highest BCUT2D eigenvalue weighted by atomic mass is 16.5. The maximum absolute atomic E-state index is 12.7. The van der Waals surface area contributed by atoms with Crippen molar-refractivity contribution in [2.24, 2.45) is 0 Å². The molecule has 1 aliphatic heterocycles. The Morgan fingerprint density at radius 3 is 2.37 bits per heavy atom. The van der Waals surface area contributed by atoms with Crippen LogP contribution < -0.4 is 15.0 Å². The number of carbonyl (C=O) groups excluding carboxylic acids is 1. The van der Waals surface area contributed by atoms with Gasteiger partial charge in [-0.2, -0.15) is 0 Å². The van der Waals surface area contributed by atoms with Crippen molar-refractivity contribution >= 4 is 16.7 Å². The molecule has 1 aliphatic rings. The average Bonchev–Trinajstić information content (AvgIpc) is 3.30. The lowest BCUT2D eigenvalue weighted by molar-refractivity contribution is -0.901. The monoisotopic (exact) mass is 403 g/mol. The van der Waals surface area contributed by atoms with Crippen molar-refractivity contribution in [3.05, 3.63) is 77.4 Å². The smallest absolute Gasteiger partial charge is 0.227 e. The number of hydrogen-bond donors (Lipinski definition) is 2. The van der Waals surface area contributed by atoms with Crippen LogP contribution >= 0.6 is 0 Å². The molecule has 0 radical (unpaired) electrons. The fraction of sp³-hybridized carbons (Fsp3) is 0.346. The van der Waals surface area contributed by atoms with E-state index in [0.29, 0.717) is 6.54 Å². The summed E-state index contributed by atoms with van der Waals surface area (Å²) in [6.07, 6.45) is 2.70. The molecule has 3 aromatic rings. The average molecular weight is 404 g/mol. The summed E-state index contributed by atoms with van der Waals surface area (Å²) in [4.78, 5) is 14.4. The van der Waals surface area contributed by atoms with E-state index in [-0.39, 0.29) is 11.8 Å². The first-order valence-corrected chi connectivity index (χ1v) is 10.9. The summed E-state index contributed by atoms with van der Waals surface area (Å²) < 4.78 is 5.29. The Morgan fingerprint density at radius 2 is 1.63 bits per heavy atom. The minimum absolute atomic E-state index is 0.0495. The zero-order valence-electron chi connectivity index (χ0n) is 17.9. The van der Waals surface area contributed by atoms with E-state index < -0.39 is 0 Å². The second-order valence-electron chi connectivity index (χ2n) is 8.36. The molecule has 156 valence electrons. The Kier molecular flexibility index (Phi) is 6.34. The summed E-state index contributed by atoms with van der Waals surface area (Å²) in [7, 11) is 1.67. The Balaban J connectivity index is 1.34. The van der Waals surface area contributed by atoms with Gasteiger partial charge in [-0.3, -0.25) is 4.79 Å². The molecule has 1 amide bonds. The van der Waals surface area contributed by atoms with E-state index in [9.17, 15) is 4.79 Å². The van der Waals surface area contributed by atoms with E-state index in [2.05, 4.69) is 41.7 Å². The quantitative estimate of drug-likeness (QED) is 0.635. The van der Waals surface area contributed by atoms with Crippen LogP contribution in [0.25, 0.3) is 10.8 Å². The molecule has 2 N–H and O–H groups in total. The lowest BCUT2D eigenvalue weighted by atomic mass is 9.97. The third kappa shape index (κ3) is 4.82. The maximum atomic E-state index is 12.7. The van der Waals surface area contributed by atoms with Crippen LogP contribution in [0.2, 0.25) is 0 Å². The number of likely N-dealkylation sites (tertiary alicyclic amines) is 1. The van der Waals surface area contributed by atoms with Crippen molar-refractivity contribution in [1.82, 2.24) is 5.32 Å². The molecule has 0 aliphatic carbocycles. The number of nitrogens with one attached hydrogen (secondary N) is 2. The van der Waals surface area contributed by atoms with Gasteiger partial charge in [-0.1, -0.05) is 48.5 Å². The highest BCUT2D eigenvalue weighted by Crippen LogP contribution is 2.25. The van der Waals surface area contributed by atoms with Crippen LogP contribution in [0.5, 0.6) is 5.75 Å². The van der Waals surface area contributed by atoms with Crippen LogP contribution in [-0.4, -0.2) is 26.1 Å². The van der Waals surface area contributed by atoms with Crippen LogP contribution in [0, 0.1) is 0 Å². The first kappa shape index (κ1) is 20.4. The molecule has 1 fully saturated rings. The molecule has 4 rings (SSSR count). The topological polar surface area (TPSA) is 42.8 Å². The van der Waals surface area contributed by atoms with Crippen LogP contribution in [0.1, 0.15) is 42.4 Å². The summed E-state index contributed by atoms with van der Waals surface area (Å²) >= 11 is 0. The van der Waals surface area contributed by atoms with Gasteiger partial charge in [0.2, 0.25) is 5.91 Å². The SMILES string of the molecule is COc1ccc2cc([C@H](C)C(=O)NCc3ccc(C[NH+]4CCCC4)cc3)ccc2c1. The number of ether oxygens (including phenoxy) is 1. The van der Waals surface area contributed by atoms with Gasteiger partial charge in [-0.05, 0) is 41.0 Å². The fourth-order valence-corrected chi connectivity index (χ4v) is 4.25. The number of methoxy groups -OCH3 is 1. The number of carbonyl (C=O) groups is 1. The number of quaternary nitrogens is 1. The van der Waals surface area contributed by atoms with Gasteiger partial charge in [-0.15, -0.1) is 0 Å². The van der Waals surface area contributed by atoms with E-state index in [1.807, 2.05) is 31.2 Å². The van der Waals surface area contributed by atoms with Gasteiger partial charge in [0.25, 0.3) is 0 Å². The van der Waals surface area contributed by atoms with Crippen LogP contribution in [-0.2, 0) is 17.9 Å². The minimum atomic E-state index is -0.199. The molecule has 1 heterocycles. The number of fused-ring (bicyclic) bond motifs is 1. The standard InChI is InChI=1S/C26H30N2O2/c1-19(22-9-10-24-16-25(30-2)12-11-23(24)15-22)26(29)27-17-20-5-7-21(8-6-20)18-28-13-3-4-14-28/h5-12,15-16,19H,3-4,13-14,17-18H2,1-2H3,(H,27,29)/p+1/t19-/m0/s1. The predicted molar refractivity (Wildman–Crippen MR) is 121 cm³/mol. The van der Waals surface area contributed by atoms with E-state index in [0.717, 1.165) is 34.2 Å². The van der Waals surface area contributed by atoms with Gasteiger partial charge < -0.3 is 15.0 Å². The third-order valence-corrected chi connectivity index (χ3v) is 6.22. The molecule has 1 saturated heterocycles. The molecular formula is C26H31N2O2+. The second kappa shape index (κ2) is 9.31. The van der Waals surface area contributed by atoms with Gasteiger partial charge in [-0.25, -0.2) is 0 Å². The normalized spacial score (nSPS) is 15.3. The van der Waals surface area contributed by atoms with Crippen molar-refractivity contribution < 1.29 is 14.4 Å². The molecule has 4 nitrogen and oxygen atoms in total. The van der Waals surface area contributed by atoms with Crippen molar-refractivity contribution in [3.63, 3.8) is 0 Å². The lowest BCUT2D eigenvalue weighted by Crippen LogP contribution is -3.08. The molecule has 0 unspecified atom stereocenters. The Bertz CT molecular complexity index is 1010. The van der Waals surface area contributed by atoms with Gasteiger partial charge in [0, 0.05) is 24.9 Å². The zero-order chi connectivity index (χ0) is 20.9. The Morgan fingerprint density at radius 1 is 0.967 bits per heavy atom. The summed E-state index contributed by atoms with van der Waals surface area (Å²) in [6.45, 7) is 6.21. The predicted octanol–water partition coefficient (Wildman–Crippen LogP) is 3.45. The molecule has 0 bridgehead atoms. The number of rotatable bonds is 7.